The first-order chi connectivity index (χ1) is 10.3. The molecule has 3 heteroatoms. The summed E-state index contributed by atoms with van der Waals surface area (Å²) in [6, 6.07) is 19.4. The van der Waals surface area contributed by atoms with Gasteiger partial charge in [-0.15, -0.1) is 0 Å². The second-order valence-corrected chi connectivity index (χ2v) is 4.79. The number of pyridine rings is 1. The number of aromatic nitrogens is 1. The second kappa shape index (κ2) is 5.85. The maximum atomic E-state index is 12.3. The molecular formula is C18H15NO2. The number of hydrogen-bond donors (Lipinski definition) is 0. The Kier molecular flexibility index (Phi) is 3.75. The average Bonchev–Trinajstić information content (AvgIpc) is 2.55. The molecule has 3 aromatic rings. The number of carbonyl (C=O) groups excluding carboxylic acids is 1. The molecule has 0 fully saturated rings. The van der Waals surface area contributed by atoms with Crippen LogP contribution in [0.25, 0.3) is 22.2 Å². The molecule has 104 valence electrons. The fourth-order valence-corrected chi connectivity index (χ4v) is 2.37. The van der Waals surface area contributed by atoms with Crippen LogP contribution in [-0.2, 0) is 4.74 Å². The molecule has 1 aromatic heterocycles. The van der Waals surface area contributed by atoms with Gasteiger partial charge in [0.15, 0.2) is 5.78 Å². The monoisotopic (exact) mass is 277 g/mol. The zero-order valence-electron chi connectivity index (χ0n) is 11.7. The number of para-hydroxylation sites is 1. The van der Waals surface area contributed by atoms with Gasteiger partial charge in [0.2, 0.25) is 0 Å². The van der Waals surface area contributed by atoms with Crippen molar-refractivity contribution in [3.63, 3.8) is 0 Å². The van der Waals surface area contributed by atoms with Crippen molar-refractivity contribution >= 4 is 16.7 Å². The minimum atomic E-state index is -0.0340. The Bertz CT molecular complexity index is 782. The summed E-state index contributed by atoms with van der Waals surface area (Å²) >= 11 is 0. The molecule has 0 spiro atoms. The molecule has 21 heavy (non-hydrogen) atoms. The summed E-state index contributed by atoms with van der Waals surface area (Å²) < 4.78 is 4.98. The summed E-state index contributed by atoms with van der Waals surface area (Å²) in [5.41, 5.74) is 3.27. The zero-order valence-corrected chi connectivity index (χ0v) is 11.7. The van der Waals surface area contributed by atoms with E-state index >= 15 is 0 Å². The standard InChI is InChI=1S/C18H15NO2/c1-21-12-18(20)15-11-17(13-7-3-2-4-8-13)19-16-10-6-5-9-14(15)16/h2-11H,12H2,1H3. The Morgan fingerprint density at radius 1 is 1.05 bits per heavy atom. The van der Waals surface area contributed by atoms with Crippen LogP contribution in [-0.4, -0.2) is 24.5 Å². The molecule has 2 aromatic carbocycles. The lowest BCUT2D eigenvalue weighted by molar-refractivity contribution is 0.0849. The van der Waals surface area contributed by atoms with Crippen LogP contribution < -0.4 is 0 Å². The van der Waals surface area contributed by atoms with Gasteiger partial charge in [0.1, 0.15) is 6.61 Å². The molecule has 0 saturated heterocycles. The minimum absolute atomic E-state index is 0.0340. The SMILES string of the molecule is COCC(=O)c1cc(-c2ccccc2)nc2ccccc12. The largest absolute Gasteiger partial charge is 0.377 e. The van der Waals surface area contributed by atoms with Crippen LogP contribution in [0, 0.1) is 0 Å². The lowest BCUT2D eigenvalue weighted by Crippen LogP contribution is -2.08. The summed E-state index contributed by atoms with van der Waals surface area (Å²) in [5, 5.41) is 0.860. The summed E-state index contributed by atoms with van der Waals surface area (Å²) in [6.45, 7) is 0.0717. The predicted molar refractivity (Wildman–Crippen MR) is 83.4 cm³/mol. The van der Waals surface area contributed by atoms with E-state index in [1.54, 1.807) is 0 Å². The molecule has 0 radical (unpaired) electrons. The molecule has 1 heterocycles. The minimum Gasteiger partial charge on any atom is -0.377 e. The van der Waals surface area contributed by atoms with E-state index in [1.807, 2.05) is 60.7 Å². The highest BCUT2D eigenvalue weighted by molar-refractivity contribution is 6.08. The van der Waals surface area contributed by atoms with Crippen molar-refractivity contribution in [1.29, 1.82) is 0 Å². The third kappa shape index (κ3) is 2.69. The van der Waals surface area contributed by atoms with Crippen molar-refractivity contribution in [1.82, 2.24) is 4.98 Å². The van der Waals surface area contributed by atoms with E-state index in [-0.39, 0.29) is 12.4 Å². The summed E-state index contributed by atoms with van der Waals surface area (Å²) in [5.74, 6) is -0.0340. The number of carbonyl (C=O) groups is 1. The number of benzene rings is 2. The van der Waals surface area contributed by atoms with Gasteiger partial charge < -0.3 is 4.74 Å². The van der Waals surface area contributed by atoms with Gasteiger partial charge in [-0.1, -0.05) is 48.5 Å². The number of methoxy groups -OCH3 is 1. The maximum Gasteiger partial charge on any atom is 0.189 e. The number of hydrogen-bond acceptors (Lipinski definition) is 3. The fraction of sp³-hybridized carbons (Fsp3) is 0.111. The van der Waals surface area contributed by atoms with E-state index in [1.165, 1.54) is 7.11 Å². The van der Waals surface area contributed by atoms with Crippen LogP contribution >= 0.6 is 0 Å². The molecule has 0 bridgehead atoms. The molecule has 0 N–H and O–H groups in total. The van der Waals surface area contributed by atoms with Crippen molar-refractivity contribution in [2.24, 2.45) is 0 Å². The molecule has 0 aliphatic carbocycles. The zero-order chi connectivity index (χ0) is 14.7. The Labute approximate surface area is 123 Å². The second-order valence-electron chi connectivity index (χ2n) is 4.79. The van der Waals surface area contributed by atoms with Crippen molar-refractivity contribution in [3.05, 3.63) is 66.2 Å². The van der Waals surface area contributed by atoms with E-state index in [0.29, 0.717) is 5.56 Å². The summed E-state index contributed by atoms with van der Waals surface area (Å²) in [4.78, 5) is 16.9. The fourth-order valence-electron chi connectivity index (χ4n) is 2.37. The molecule has 3 nitrogen and oxygen atoms in total. The topological polar surface area (TPSA) is 39.2 Å². The first kappa shape index (κ1) is 13.5. The lowest BCUT2D eigenvalue weighted by atomic mass is 10.0. The number of ether oxygens (including phenoxy) is 1. The van der Waals surface area contributed by atoms with E-state index in [2.05, 4.69) is 4.98 Å². The smallest absolute Gasteiger partial charge is 0.189 e. The third-order valence-corrected chi connectivity index (χ3v) is 3.36. The van der Waals surface area contributed by atoms with Crippen molar-refractivity contribution in [3.8, 4) is 11.3 Å². The Morgan fingerprint density at radius 3 is 2.52 bits per heavy atom. The van der Waals surface area contributed by atoms with Crippen LogP contribution in [0.4, 0.5) is 0 Å². The van der Waals surface area contributed by atoms with E-state index in [0.717, 1.165) is 22.2 Å². The Hall–Kier alpha value is -2.52. The molecule has 0 saturated carbocycles. The van der Waals surface area contributed by atoms with Crippen LogP contribution in [0.15, 0.2) is 60.7 Å². The van der Waals surface area contributed by atoms with Crippen LogP contribution in [0.1, 0.15) is 10.4 Å². The number of rotatable bonds is 4. The average molecular weight is 277 g/mol. The van der Waals surface area contributed by atoms with E-state index in [9.17, 15) is 4.79 Å². The number of ketones is 1. The van der Waals surface area contributed by atoms with Crippen molar-refractivity contribution in [2.75, 3.05) is 13.7 Å². The van der Waals surface area contributed by atoms with Crippen LogP contribution in [0.5, 0.6) is 0 Å². The number of fused-ring (bicyclic) bond motifs is 1. The highest BCUT2D eigenvalue weighted by atomic mass is 16.5. The molecule has 0 atom stereocenters. The summed E-state index contributed by atoms with van der Waals surface area (Å²) in [7, 11) is 1.53. The normalized spacial score (nSPS) is 10.7. The van der Waals surface area contributed by atoms with Gasteiger partial charge in [0, 0.05) is 23.6 Å². The first-order valence-electron chi connectivity index (χ1n) is 6.77. The predicted octanol–water partition coefficient (Wildman–Crippen LogP) is 3.73. The van der Waals surface area contributed by atoms with Gasteiger partial charge in [-0.25, -0.2) is 4.98 Å². The highest BCUT2D eigenvalue weighted by Gasteiger charge is 2.13. The molecular weight excluding hydrogens is 262 g/mol. The van der Waals surface area contributed by atoms with Gasteiger partial charge in [-0.05, 0) is 12.1 Å². The molecule has 0 amide bonds. The van der Waals surface area contributed by atoms with Gasteiger partial charge in [-0.3, -0.25) is 4.79 Å². The van der Waals surface area contributed by atoms with Crippen molar-refractivity contribution < 1.29 is 9.53 Å². The lowest BCUT2D eigenvalue weighted by Gasteiger charge is -2.09. The van der Waals surface area contributed by atoms with Gasteiger partial charge in [0.05, 0.1) is 11.2 Å². The third-order valence-electron chi connectivity index (χ3n) is 3.36. The van der Waals surface area contributed by atoms with Crippen LogP contribution in [0.2, 0.25) is 0 Å². The van der Waals surface area contributed by atoms with Crippen molar-refractivity contribution in [2.45, 2.75) is 0 Å². The van der Waals surface area contributed by atoms with Gasteiger partial charge in [-0.2, -0.15) is 0 Å². The van der Waals surface area contributed by atoms with E-state index in [4.69, 9.17) is 4.74 Å². The highest BCUT2D eigenvalue weighted by Crippen LogP contribution is 2.25. The first-order valence-corrected chi connectivity index (χ1v) is 6.77. The maximum absolute atomic E-state index is 12.3. The van der Waals surface area contributed by atoms with Gasteiger partial charge in [0.25, 0.3) is 0 Å². The van der Waals surface area contributed by atoms with E-state index < -0.39 is 0 Å². The molecule has 0 aliphatic rings. The van der Waals surface area contributed by atoms with Crippen LogP contribution in [0.3, 0.4) is 0 Å². The summed E-state index contributed by atoms with van der Waals surface area (Å²) in [6.07, 6.45) is 0. The Morgan fingerprint density at radius 2 is 1.76 bits per heavy atom. The Balaban J connectivity index is 2.22. The number of nitrogens with zero attached hydrogens (tertiary/aromatic N) is 1. The molecule has 3 rings (SSSR count). The van der Waals surface area contributed by atoms with Gasteiger partial charge >= 0.3 is 0 Å². The molecule has 0 aliphatic heterocycles. The molecule has 0 unspecified atom stereocenters. The number of Topliss-reactive ketones (excluding diaryl/α,β-unsaturated/α-hetero) is 1. The quantitative estimate of drug-likeness (QED) is 0.682.